The van der Waals surface area contributed by atoms with E-state index in [-0.39, 0.29) is 5.54 Å². The summed E-state index contributed by atoms with van der Waals surface area (Å²) >= 11 is 0. The molecular formula is C15H24N2. The van der Waals surface area contributed by atoms with Crippen molar-refractivity contribution in [1.29, 1.82) is 0 Å². The van der Waals surface area contributed by atoms with E-state index < -0.39 is 0 Å². The van der Waals surface area contributed by atoms with Crippen molar-refractivity contribution >= 4 is 0 Å². The van der Waals surface area contributed by atoms with Crippen molar-refractivity contribution in [2.45, 2.75) is 32.2 Å². The molecule has 2 rings (SSSR count). The lowest BCUT2D eigenvalue weighted by atomic mass is 9.90. The zero-order valence-electron chi connectivity index (χ0n) is 11.3. The van der Waals surface area contributed by atoms with Crippen LogP contribution in [0.3, 0.4) is 0 Å². The second kappa shape index (κ2) is 5.19. The van der Waals surface area contributed by atoms with E-state index in [4.69, 9.17) is 0 Å². The molecular weight excluding hydrogens is 208 g/mol. The predicted molar refractivity (Wildman–Crippen MR) is 73.3 cm³/mol. The van der Waals surface area contributed by atoms with Crippen LogP contribution in [0, 0.1) is 0 Å². The lowest BCUT2D eigenvalue weighted by molar-refractivity contribution is 0.259. The molecule has 1 atom stereocenters. The second-order valence-electron chi connectivity index (χ2n) is 5.40. The smallest absolute Gasteiger partial charge is 0.0534 e. The highest BCUT2D eigenvalue weighted by molar-refractivity contribution is 5.28. The van der Waals surface area contributed by atoms with E-state index in [1.807, 2.05) is 0 Å². The zero-order valence-corrected chi connectivity index (χ0v) is 11.3. The Labute approximate surface area is 105 Å². The molecule has 0 bridgehead atoms. The Kier molecular flexibility index (Phi) is 3.85. The molecule has 0 saturated carbocycles. The summed E-state index contributed by atoms with van der Waals surface area (Å²) in [5.41, 5.74) is 2.92. The highest BCUT2D eigenvalue weighted by Gasteiger charge is 2.29. The zero-order chi connectivity index (χ0) is 12.3. The van der Waals surface area contributed by atoms with E-state index >= 15 is 0 Å². The van der Waals surface area contributed by atoms with E-state index in [1.165, 1.54) is 24.1 Å². The van der Waals surface area contributed by atoms with Gasteiger partial charge in [-0.05, 0) is 51.0 Å². The molecule has 1 aliphatic heterocycles. The van der Waals surface area contributed by atoms with Crippen LogP contribution in [-0.2, 0) is 12.0 Å². The maximum absolute atomic E-state index is 3.70. The van der Waals surface area contributed by atoms with Crippen molar-refractivity contribution in [2.75, 3.05) is 26.7 Å². The van der Waals surface area contributed by atoms with E-state index in [0.717, 1.165) is 19.5 Å². The standard InChI is InChI=1S/C15H24N2/c1-4-13-6-8-14(9-7-13)15(2)12-17(3)11-5-10-16-15/h6-9,16H,4-5,10-12H2,1-3H3. The first-order valence-electron chi connectivity index (χ1n) is 6.67. The lowest BCUT2D eigenvalue weighted by Gasteiger charge is -2.32. The molecule has 17 heavy (non-hydrogen) atoms. The molecule has 1 N–H and O–H groups in total. The van der Waals surface area contributed by atoms with Gasteiger partial charge in [-0.15, -0.1) is 0 Å². The van der Waals surface area contributed by atoms with Gasteiger partial charge in [-0.2, -0.15) is 0 Å². The molecule has 0 amide bonds. The van der Waals surface area contributed by atoms with Gasteiger partial charge in [0.1, 0.15) is 0 Å². The van der Waals surface area contributed by atoms with Gasteiger partial charge in [-0.1, -0.05) is 31.2 Å². The Morgan fingerprint density at radius 1 is 1.29 bits per heavy atom. The summed E-state index contributed by atoms with van der Waals surface area (Å²) in [6.07, 6.45) is 2.35. The highest BCUT2D eigenvalue weighted by Crippen LogP contribution is 2.24. The monoisotopic (exact) mass is 232 g/mol. The number of likely N-dealkylation sites (N-methyl/N-ethyl adjacent to an activating group) is 1. The fourth-order valence-electron chi connectivity index (χ4n) is 2.69. The summed E-state index contributed by atoms with van der Waals surface area (Å²) in [7, 11) is 2.21. The quantitative estimate of drug-likeness (QED) is 0.842. The summed E-state index contributed by atoms with van der Waals surface area (Å²) in [4.78, 5) is 2.42. The normalized spacial score (nSPS) is 26.8. The molecule has 0 radical (unpaired) electrons. The number of rotatable bonds is 2. The number of hydrogen-bond acceptors (Lipinski definition) is 2. The summed E-state index contributed by atoms with van der Waals surface area (Å²) in [6.45, 7) is 7.90. The van der Waals surface area contributed by atoms with E-state index in [1.54, 1.807) is 0 Å². The van der Waals surface area contributed by atoms with Gasteiger partial charge >= 0.3 is 0 Å². The SMILES string of the molecule is CCc1ccc(C2(C)CN(C)CCCN2)cc1. The average Bonchev–Trinajstić information content (AvgIpc) is 2.51. The molecule has 0 aliphatic carbocycles. The highest BCUT2D eigenvalue weighted by atomic mass is 15.2. The molecule has 1 heterocycles. The fraction of sp³-hybridized carbons (Fsp3) is 0.600. The van der Waals surface area contributed by atoms with Crippen LogP contribution in [0.4, 0.5) is 0 Å². The van der Waals surface area contributed by atoms with E-state index in [2.05, 4.69) is 55.4 Å². The molecule has 2 heteroatoms. The first-order chi connectivity index (χ1) is 8.14. The van der Waals surface area contributed by atoms with E-state index in [0.29, 0.717) is 0 Å². The summed E-state index contributed by atoms with van der Waals surface area (Å²) in [5.74, 6) is 0. The minimum atomic E-state index is 0.0948. The number of nitrogens with one attached hydrogen (secondary N) is 1. The number of aryl methyl sites for hydroxylation is 1. The maximum atomic E-state index is 3.70. The molecule has 1 fully saturated rings. The van der Waals surface area contributed by atoms with Crippen molar-refractivity contribution in [3.05, 3.63) is 35.4 Å². The number of nitrogens with zero attached hydrogens (tertiary/aromatic N) is 1. The molecule has 1 aromatic rings. The first kappa shape index (κ1) is 12.6. The molecule has 1 aromatic carbocycles. The topological polar surface area (TPSA) is 15.3 Å². The van der Waals surface area contributed by atoms with Gasteiger partial charge in [0.15, 0.2) is 0 Å². The van der Waals surface area contributed by atoms with E-state index in [9.17, 15) is 0 Å². The van der Waals surface area contributed by atoms with Crippen LogP contribution >= 0.6 is 0 Å². The molecule has 94 valence electrons. The summed E-state index contributed by atoms with van der Waals surface area (Å²) in [5, 5.41) is 3.70. The molecule has 1 saturated heterocycles. The molecule has 1 aliphatic rings. The third kappa shape index (κ3) is 2.88. The fourth-order valence-corrected chi connectivity index (χ4v) is 2.69. The van der Waals surface area contributed by atoms with Crippen molar-refractivity contribution < 1.29 is 0 Å². The Morgan fingerprint density at radius 3 is 2.65 bits per heavy atom. The number of benzene rings is 1. The third-order valence-electron chi connectivity index (χ3n) is 3.82. The maximum Gasteiger partial charge on any atom is 0.0534 e. The molecule has 0 aromatic heterocycles. The van der Waals surface area contributed by atoms with Gasteiger partial charge in [0.25, 0.3) is 0 Å². The molecule has 2 nitrogen and oxygen atoms in total. The van der Waals surface area contributed by atoms with Gasteiger partial charge in [0.2, 0.25) is 0 Å². The van der Waals surface area contributed by atoms with Gasteiger partial charge in [-0.3, -0.25) is 0 Å². The van der Waals surface area contributed by atoms with Crippen molar-refractivity contribution in [2.24, 2.45) is 0 Å². The average molecular weight is 232 g/mol. The minimum Gasteiger partial charge on any atom is -0.307 e. The van der Waals surface area contributed by atoms with Crippen LogP contribution in [0.1, 0.15) is 31.4 Å². The van der Waals surface area contributed by atoms with Crippen molar-refractivity contribution in [3.63, 3.8) is 0 Å². The van der Waals surface area contributed by atoms with Crippen LogP contribution in [0.25, 0.3) is 0 Å². The van der Waals surface area contributed by atoms with Crippen LogP contribution in [0.5, 0.6) is 0 Å². The van der Waals surface area contributed by atoms with Crippen LogP contribution in [-0.4, -0.2) is 31.6 Å². The Balaban J connectivity index is 2.22. The summed E-state index contributed by atoms with van der Waals surface area (Å²) < 4.78 is 0. The van der Waals surface area contributed by atoms with Gasteiger partial charge in [-0.25, -0.2) is 0 Å². The third-order valence-corrected chi connectivity index (χ3v) is 3.82. The summed E-state index contributed by atoms with van der Waals surface area (Å²) in [6, 6.07) is 9.08. The van der Waals surface area contributed by atoms with Gasteiger partial charge in [0.05, 0.1) is 5.54 Å². The lowest BCUT2D eigenvalue weighted by Crippen LogP contribution is -2.45. The number of hydrogen-bond donors (Lipinski definition) is 1. The Morgan fingerprint density at radius 2 is 2.00 bits per heavy atom. The Bertz CT molecular complexity index is 358. The first-order valence-corrected chi connectivity index (χ1v) is 6.67. The van der Waals surface area contributed by atoms with Crippen molar-refractivity contribution in [1.82, 2.24) is 10.2 Å². The van der Waals surface area contributed by atoms with Crippen molar-refractivity contribution in [3.8, 4) is 0 Å². The largest absolute Gasteiger partial charge is 0.307 e. The predicted octanol–water partition coefficient (Wildman–Crippen LogP) is 2.39. The van der Waals surface area contributed by atoms with Crippen LogP contribution < -0.4 is 5.32 Å². The van der Waals surface area contributed by atoms with Crippen LogP contribution in [0.2, 0.25) is 0 Å². The molecule has 0 spiro atoms. The minimum absolute atomic E-state index is 0.0948. The second-order valence-corrected chi connectivity index (χ2v) is 5.40. The Hall–Kier alpha value is -0.860. The van der Waals surface area contributed by atoms with Gasteiger partial charge < -0.3 is 10.2 Å². The van der Waals surface area contributed by atoms with Gasteiger partial charge in [0, 0.05) is 6.54 Å². The molecule has 1 unspecified atom stereocenters. The van der Waals surface area contributed by atoms with Crippen LogP contribution in [0.15, 0.2) is 24.3 Å².